The van der Waals surface area contributed by atoms with Crippen LogP contribution in [0.15, 0.2) is 12.7 Å². The summed E-state index contributed by atoms with van der Waals surface area (Å²) in [4.78, 5) is 0. The second-order valence-corrected chi connectivity index (χ2v) is 7.61. The molecule has 0 bridgehead atoms. The van der Waals surface area contributed by atoms with Crippen molar-refractivity contribution in [1.29, 1.82) is 0 Å². The molecule has 0 heterocycles. The molecule has 0 aliphatic rings. The normalized spacial score (nSPS) is 13.6. The summed E-state index contributed by atoms with van der Waals surface area (Å²) in [6.07, 6.45) is 2.99. The molecule has 0 rings (SSSR count). The lowest BCUT2D eigenvalue weighted by Gasteiger charge is -2.28. The van der Waals surface area contributed by atoms with Crippen LogP contribution in [0, 0.1) is 0 Å². The van der Waals surface area contributed by atoms with Gasteiger partial charge < -0.3 is 13.3 Å². The van der Waals surface area contributed by atoms with E-state index in [9.17, 15) is 8.42 Å². The van der Waals surface area contributed by atoms with Crippen LogP contribution in [0.4, 0.5) is 0 Å². The lowest BCUT2D eigenvalue weighted by atomic mass is 10.2. The van der Waals surface area contributed by atoms with Gasteiger partial charge in [-0.1, -0.05) is 6.08 Å². The van der Waals surface area contributed by atoms with Crippen molar-refractivity contribution in [2.24, 2.45) is 0 Å². The Morgan fingerprint density at radius 2 is 1.65 bits per heavy atom. The zero-order valence-electron chi connectivity index (χ0n) is 12.6. The third-order valence-corrected chi connectivity index (χ3v) is 6.34. The van der Waals surface area contributed by atoms with Crippen molar-refractivity contribution in [2.75, 3.05) is 19.8 Å². The lowest BCUT2D eigenvalue weighted by molar-refractivity contribution is 0.0706. The highest BCUT2D eigenvalue weighted by molar-refractivity contribution is 7.70. The molecule has 120 valence electrons. The fraction of sp³-hybridized carbons (Fsp3) is 0.833. The first-order chi connectivity index (χ1) is 9.53. The van der Waals surface area contributed by atoms with Crippen LogP contribution < -0.4 is 4.72 Å². The third kappa shape index (κ3) is 8.13. The van der Waals surface area contributed by atoms with Gasteiger partial charge in [0.25, 0.3) is 0 Å². The Morgan fingerprint density at radius 3 is 2.00 bits per heavy atom. The largest absolute Gasteiger partial charge is 0.500 e. The van der Waals surface area contributed by atoms with Gasteiger partial charge in [0.15, 0.2) is 0 Å². The van der Waals surface area contributed by atoms with Gasteiger partial charge in [0.05, 0.1) is 0 Å². The first-order valence-corrected chi connectivity index (χ1v) is 10.1. The fourth-order valence-corrected chi connectivity index (χ4v) is 5.06. The van der Waals surface area contributed by atoms with Crippen molar-refractivity contribution in [1.82, 2.24) is 4.72 Å². The fourth-order valence-electron chi connectivity index (χ4n) is 1.91. The Hall–Kier alpha value is -0.253. The first kappa shape index (κ1) is 19.7. The molecule has 0 radical (unpaired) electrons. The molecule has 0 aromatic rings. The zero-order valence-corrected chi connectivity index (χ0v) is 14.5. The van der Waals surface area contributed by atoms with Crippen molar-refractivity contribution in [3.05, 3.63) is 12.7 Å². The van der Waals surface area contributed by atoms with Gasteiger partial charge >= 0.3 is 8.80 Å². The molecule has 0 aromatic heterocycles. The van der Waals surface area contributed by atoms with Crippen molar-refractivity contribution < 1.29 is 21.7 Å². The second-order valence-electron chi connectivity index (χ2n) is 4.10. The number of hydrogen-bond donors (Lipinski definition) is 2. The molecule has 8 heteroatoms. The summed E-state index contributed by atoms with van der Waals surface area (Å²) in [6.45, 7) is 11.0. The Morgan fingerprint density at radius 1 is 1.15 bits per heavy atom. The monoisotopic (exact) mass is 325 g/mol. The van der Waals surface area contributed by atoms with E-state index < -0.39 is 19.7 Å². The highest BCUT2D eigenvalue weighted by Crippen LogP contribution is 2.20. The summed E-state index contributed by atoms with van der Waals surface area (Å²) in [5.74, 6) is 0. The van der Waals surface area contributed by atoms with Crippen LogP contribution in [0.2, 0.25) is 6.04 Å². The van der Waals surface area contributed by atoms with Gasteiger partial charge in [-0.3, -0.25) is 0 Å². The molecule has 0 saturated heterocycles. The Balaban J connectivity index is 4.46. The lowest BCUT2D eigenvalue weighted by Crippen LogP contribution is -2.46. The quantitative estimate of drug-likeness (QED) is 0.305. The number of hydrogen-bond acceptors (Lipinski definition) is 5. The topological polar surface area (TPSA) is 73.9 Å². The van der Waals surface area contributed by atoms with Crippen molar-refractivity contribution in [3.8, 4) is 0 Å². The van der Waals surface area contributed by atoms with E-state index in [4.69, 9.17) is 13.3 Å². The van der Waals surface area contributed by atoms with Crippen molar-refractivity contribution in [2.45, 2.75) is 45.7 Å². The first-order valence-electron chi connectivity index (χ1n) is 6.98. The van der Waals surface area contributed by atoms with Gasteiger partial charge in [-0.25, -0.2) is 13.1 Å². The maximum atomic E-state index is 10.6. The van der Waals surface area contributed by atoms with E-state index in [1.807, 2.05) is 20.8 Å². The van der Waals surface area contributed by atoms with E-state index in [2.05, 4.69) is 11.3 Å². The van der Waals surface area contributed by atoms with E-state index >= 15 is 0 Å². The zero-order chi connectivity index (χ0) is 15.4. The third-order valence-electron chi connectivity index (χ3n) is 2.65. The summed E-state index contributed by atoms with van der Waals surface area (Å²) in [5.41, 5.74) is 0. The molecular formula is C12H27NO5SSi. The smallest absolute Gasteiger partial charge is 0.374 e. The highest BCUT2D eigenvalue weighted by atomic mass is 32.2. The summed E-state index contributed by atoms with van der Waals surface area (Å²) < 4.78 is 40.9. The van der Waals surface area contributed by atoms with Gasteiger partial charge in [-0.15, -0.1) is 6.58 Å². The van der Waals surface area contributed by atoms with Crippen LogP contribution in [-0.2, 0) is 24.2 Å². The number of rotatable bonds is 13. The minimum absolute atomic E-state index is 0.257. The van der Waals surface area contributed by atoms with Gasteiger partial charge in [0.2, 0.25) is 10.9 Å². The maximum absolute atomic E-state index is 10.6. The highest BCUT2D eigenvalue weighted by Gasteiger charge is 2.39. The average Bonchev–Trinajstić information content (AvgIpc) is 2.38. The standard InChI is InChI=1S/C12H27NO5SSi/c1-5-12(13-19(14)15)10-9-11-20(16-6-2,17-7-3)18-8-4/h5,12,19H,1,6-11H2,2-4H3,(H,13,14,15). The van der Waals surface area contributed by atoms with E-state index in [1.165, 1.54) is 0 Å². The predicted molar refractivity (Wildman–Crippen MR) is 82.1 cm³/mol. The van der Waals surface area contributed by atoms with Crippen LogP contribution in [0.25, 0.3) is 0 Å². The minimum Gasteiger partial charge on any atom is -0.374 e. The van der Waals surface area contributed by atoms with Crippen LogP contribution in [0.3, 0.4) is 0 Å². The molecular weight excluding hydrogens is 298 g/mol. The molecule has 0 amide bonds. The van der Waals surface area contributed by atoms with Crippen LogP contribution in [0.1, 0.15) is 33.6 Å². The van der Waals surface area contributed by atoms with Crippen LogP contribution in [-0.4, -0.2) is 43.1 Å². The predicted octanol–water partition coefficient (Wildman–Crippen LogP) is 1.49. The minimum atomic E-state index is -2.63. The van der Waals surface area contributed by atoms with Gasteiger partial charge in [0, 0.05) is 31.9 Å². The Bertz CT molecular complexity index is 313. The SMILES string of the molecule is C=CC(CCC[Si](OCC)(OCC)OCC)N[SH](=O)=O. The maximum Gasteiger partial charge on any atom is 0.500 e. The van der Waals surface area contributed by atoms with E-state index in [0.29, 0.717) is 32.3 Å². The molecule has 0 aromatic carbocycles. The molecule has 0 fully saturated rings. The molecule has 0 aliphatic carbocycles. The van der Waals surface area contributed by atoms with E-state index in [-0.39, 0.29) is 6.04 Å². The summed E-state index contributed by atoms with van der Waals surface area (Å²) >= 11 is 0. The van der Waals surface area contributed by atoms with Gasteiger partial charge in [-0.05, 0) is 33.6 Å². The summed E-state index contributed by atoms with van der Waals surface area (Å²) in [6, 6.07) is 0.414. The molecule has 0 aliphatic heterocycles. The molecule has 6 nitrogen and oxygen atoms in total. The van der Waals surface area contributed by atoms with Crippen molar-refractivity contribution >= 4 is 19.7 Å². The Kier molecular flexibility index (Phi) is 11.3. The van der Waals surface area contributed by atoms with E-state index in [1.54, 1.807) is 6.08 Å². The number of nitrogens with one attached hydrogen (secondary N) is 1. The van der Waals surface area contributed by atoms with E-state index in [0.717, 1.165) is 6.42 Å². The average molecular weight is 326 g/mol. The number of thiol groups is 1. The molecule has 1 atom stereocenters. The second kappa shape index (κ2) is 11.4. The molecule has 20 heavy (non-hydrogen) atoms. The summed E-state index contributed by atoms with van der Waals surface area (Å²) in [5, 5.41) is 0. The van der Waals surface area contributed by atoms with Crippen LogP contribution in [0.5, 0.6) is 0 Å². The summed E-state index contributed by atoms with van der Waals surface area (Å²) in [7, 11) is -5.24. The molecule has 0 saturated carbocycles. The van der Waals surface area contributed by atoms with Gasteiger partial charge in [-0.2, -0.15) is 0 Å². The van der Waals surface area contributed by atoms with Crippen LogP contribution >= 0.6 is 0 Å². The van der Waals surface area contributed by atoms with Crippen molar-refractivity contribution in [3.63, 3.8) is 0 Å². The van der Waals surface area contributed by atoms with Gasteiger partial charge in [0.1, 0.15) is 0 Å². The Labute approximate surface area is 124 Å². The molecule has 1 unspecified atom stereocenters. The molecule has 1 N–H and O–H groups in total. The molecule has 0 spiro atoms.